The third-order valence-electron chi connectivity index (χ3n) is 2.90. The summed E-state index contributed by atoms with van der Waals surface area (Å²) in [4.78, 5) is 22.2. The zero-order valence-corrected chi connectivity index (χ0v) is 10.6. The molecule has 19 heavy (non-hydrogen) atoms. The maximum atomic E-state index is 11.8. The molecule has 0 radical (unpaired) electrons. The largest absolute Gasteiger partial charge is 0.481 e. The van der Waals surface area contributed by atoms with Crippen LogP contribution < -0.4 is 10.5 Å². The van der Waals surface area contributed by atoms with Crippen molar-refractivity contribution in [2.75, 3.05) is 5.32 Å². The standard InChI is InChI=1S/C11H12N2O5S/c12-19(17,18)9-4-2-1-3-8(9)13-10(14)6-5-7(6)11(15)16/h1-4,6-7H,5H2,(H,13,14)(H,15,16)(H2,12,17,18). The van der Waals surface area contributed by atoms with Crippen molar-refractivity contribution in [3.8, 4) is 0 Å². The number of nitrogens with one attached hydrogen (secondary N) is 1. The molecule has 4 N–H and O–H groups in total. The molecule has 1 saturated carbocycles. The Morgan fingerprint density at radius 2 is 1.89 bits per heavy atom. The van der Waals surface area contributed by atoms with Crippen molar-refractivity contribution < 1.29 is 23.1 Å². The Kier molecular flexibility index (Phi) is 3.29. The smallest absolute Gasteiger partial charge is 0.307 e. The highest BCUT2D eigenvalue weighted by molar-refractivity contribution is 7.89. The van der Waals surface area contributed by atoms with Crippen LogP contribution in [0.25, 0.3) is 0 Å². The lowest BCUT2D eigenvalue weighted by Gasteiger charge is -2.08. The van der Waals surface area contributed by atoms with E-state index in [1.54, 1.807) is 6.07 Å². The SMILES string of the molecule is NS(=O)(=O)c1ccccc1NC(=O)C1CC1C(=O)O. The Bertz CT molecular complexity index is 640. The van der Waals surface area contributed by atoms with Crippen molar-refractivity contribution in [1.82, 2.24) is 0 Å². The van der Waals surface area contributed by atoms with Gasteiger partial charge in [0.05, 0.1) is 17.5 Å². The van der Waals surface area contributed by atoms with E-state index in [1.165, 1.54) is 18.2 Å². The summed E-state index contributed by atoms with van der Waals surface area (Å²) < 4.78 is 22.7. The number of anilines is 1. The van der Waals surface area contributed by atoms with E-state index in [-0.39, 0.29) is 17.0 Å². The number of hydrogen-bond donors (Lipinski definition) is 3. The van der Waals surface area contributed by atoms with Crippen LogP contribution in [0, 0.1) is 11.8 Å². The molecule has 1 aliphatic rings. The van der Waals surface area contributed by atoms with Crippen molar-refractivity contribution in [2.45, 2.75) is 11.3 Å². The molecular weight excluding hydrogens is 272 g/mol. The summed E-state index contributed by atoms with van der Waals surface area (Å²) in [6, 6.07) is 5.70. The molecule has 0 heterocycles. The summed E-state index contributed by atoms with van der Waals surface area (Å²) in [7, 11) is -3.95. The van der Waals surface area contributed by atoms with E-state index in [2.05, 4.69) is 5.32 Å². The number of carboxylic acids is 1. The molecule has 1 aliphatic carbocycles. The lowest BCUT2D eigenvalue weighted by molar-refractivity contribution is -0.139. The van der Waals surface area contributed by atoms with Gasteiger partial charge in [0.25, 0.3) is 0 Å². The fraction of sp³-hybridized carbons (Fsp3) is 0.273. The number of carboxylic acid groups (broad SMARTS) is 1. The number of amides is 1. The number of nitrogens with two attached hydrogens (primary N) is 1. The number of para-hydroxylation sites is 1. The van der Waals surface area contributed by atoms with Crippen LogP contribution in [0.15, 0.2) is 29.2 Å². The molecule has 8 heteroatoms. The Morgan fingerprint density at radius 3 is 2.42 bits per heavy atom. The maximum Gasteiger partial charge on any atom is 0.307 e. The molecule has 0 aromatic heterocycles. The average Bonchev–Trinajstić information content (AvgIpc) is 3.08. The van der Waals surface area contributed by atoms with Crippen LogP contribution in [0.2, 0.25) is 0 Å². The molecule has 0 aliphatic heterocycles. The van der Waals surface area contributed by atoms with Crippen LogP contribution in [0.4, 0.5) is 5.69 Å². The van der Waals surface area contributed by atoms with Gasteiger partial charge >= 0.3 is 5.97 Å². The molecule has 1 aromatic carbocycles. The predicted molar refractivity (Wildman–Crippen MR) is 65.7 cm³/mol. The molecule has 7 nitrogen and oxygen atoms in total. The van der Waals surface area contributed by atoms with Gasteiger partial charge in [0.1, 0.15) is 4.90 Å². The Labute approximate surface area is 109 Å². The second kappa shape index (κ2) is 4.63. The summed E-state index contributed by atoms with van der Waals surface area (Å²) in [5, 5.41) is 16.2. The number of carbonyl (C=O) groups excluding carboxylic acids is 1. The van der Waals surface area contributed by atoms with Gasteiger partial charge in [-0.2, -0.15) is 0 Å². The fourth-order valence-corrected chi connectivity index (χ4v) is 2.49. The van der Waals surface area contributed by atoms with Gasteiger partial charge in [-0.3, -0.25) is 9.59 Å². The van der Waals surface area contributed by atoms with E-state index in [0.717, 1.165) is 0 Å². The van der Waals surface area contributed by atoms with Crippen LogP contribution in [-0.4, -0.2) is 25.4 Å². The van der Waals surface area contributed by atoms with Gasteiger partial charge in [-0.15, -0.1) is 0 Å². The van der Waals surface area contributed by atoms with E-state index in [1.807, 2.05) is 0 Å². The van der Waals surface area contributed by atoms with Crippen LogP contribution in [0.3, 0.4) is 0 Å². The van der Waals surface area contributed by atoms with Gasteiger partial charge in [0.2, 0.25) is 15.9 Å². The molecule has 0 bridgehead atoms. The number of benzene rings is 1. The third-order valence-corrected chi connectivity index (χ3v) is 3.86. The molecule has 1 amide bonds. The van der Waals surface area contributed by atoms with E-state index in [9.17, 15) is 18.0 Å². The quantitative estimate of drug-likeness (QED) is 0.717. The number of rotatable bonds is 4. The van der Waals surface area contributed by atoms with Crippen LogP contribution in [-0.2, 0) is 19.6 Å². The van der Waals surface area contributed by atoms with Gasteiger partial charge in [-0.25, -0.2) is 13.6 Å². The second-order valence-electron chi connectivity index (χ2n) is 4.32. The van der Waals surface area contributed by atoms with Crippen LogP contribution >= 0.6 is 0 Å². The summed E-state index contributed by atoms with van der Waals surface area (Å²) in [6.07, 6.45) is 0.263. The molecule has 1 aromatic rings. The topological polar surface area (TPSA) is 127 Å². The predicted octanol–water partition coefficient (Wildman–Crippen LogP) is -0.00680. The van der Waals surface area contributed by atoms with E-state index < -0.39 is 33.7 Å². The van der Waals surface area contributed by atoms with Crippen molar-refractivity contribution in [3.05, 3.63) is 24.3 Å². The van der Waals surface area contributed by atoms with Crippen molar-refractivity contribution in [2.24, 2.45) is 17.0 Å². The Balaban J connectivity index is 2.17. The molecule has 102 valence electrons. The minimum Gasteiger partial charge on any atom is -0.481 e. The fourth-order valence-electron chi connectivity index (χ4n) is 1.80. The highest BCUT2D eigenvalue weighted by Gasteiger charge is 2.48. The molecule has 0 spiro atoms. The maximum absolute atomic E-state index is 11.8. The van der Waals surface area contributed by atoms with Gasteiger partial charge < -0.3 is 10.4 Å². The van der Waals surface area contributed by atoms with Gasteiger partial charge in [-0.1, -0.05) is 12.1 Å². The van der Waals surface area contributed by atoms with Gasteiger partial charge in [-0.05, 0) is 18.6 Å². The lowest BCUT2D eigenvalue weighted by Crippen LogP contribution is -2.20. The first-order valence-electron chi connectivity index (χ1n) is 5.46. The van der Waals surface area contributed by atoms with E-state index in [0.29, 0.717) is 0 Å². The van der Waals surface area contributed by atoms with Gasteiger partial charge in [0.15, 0.2) is 0 Å². The normalized spacial score (nSPS) is 21.7. The van der Waals surface area contributed by atoms with Crippen LogP contribution in [0.5, 0.6) is 0 Å². The summed E-state index contributed by atoms with van der Waals surface area (Å²) in [6.45, 7) is 0. The highest BCUT2D eigenvalue weighted by atomic mass is 32.2. The number of sulfonamides is 1. The second-order valence-corrected chi connectivity index (χ2v) is 5.85. The molecule has 2 atom stereocenters. The minimum atomic E-state index is -3.95. The Morgan fingerprint density at radius 1 is 1.26 bits per heavy atom. The Hall–Kier alpha value is -1.93. The van der Waals surface area contributed by atoms with Crippen LogP contribution in [0.1, 0.15) is 6.42 Å². The highest BCUT2D eigenvalue weighted by Crippen LogP contribution is 2.39. The minimum absolute atomic E-state index is 0.0611. The number of aliphatic carboxylic acids is 1. The lowest BCUT2D eigenvalue weighted by atomic mass is 10.2. The zero-order valence-electron chi connectivity index (χ0n) is 9.74. The third kappa shape index (κ3) is 2.91. The average molecular weight is 284 g/mol. The van der Waals surface area contributed by atoms with Crippen molar-refractivity contribution in [3.63, 3.8) is 0 Å². The molecular formula is C11H12N2O5S. The molecule has 1 fully saturated rings. The summed E-state index contributed by atoms with van der Waals surface area (Å²) in [5.41, 5.74) is 0.0611. The first kappa shape index (κ1) is 13.5. The summed E-state index contributed by atoms with van der Waals surface area (Å²) >= 11 is 0. The number of carbonyl (C=O) groups is 2. The number of primary sulfonamides is 1. The van der Waals surface area contributed by atoms with E-state index >= 15 is 0 Å². The summed E-state index contributed by atoms with van der Waals surface area (Å²) in [5.74, 6) is -2.85. The van der Waals surface area contributed by atoms with Crippen molar-refractivity contribution in [1.29, 1.82) is 0 Å². The van der Waals surface area contributed by atoms with E-state index in [4.69, 9.17) is 10.2 Å². The molecule has 2 rings (SSSR count). The first-order chi connectivity index (χ1) is 8.80. The molecule has 2 unspecified atom stereocenters. The van der Waals surface area contributed by atoms with Crippen molar-refractivity contribution >= 4 is 27.6 Å². The first-order valence-corrected chi connectivity index (χ1v) is 7.01. The zero-order chi connectivity index (χ0) is 14.2. The van der Waals surface area contributed by atoms with Gasteiger partial charge in [0, 0.05) is 0 Å². The monoisotopic (exact) mass is 284 g/mol. The number of hydrogen-bond acceptors (Lipinski definition) is 4. The molecule has 0 saturated heterocycles.